The molecule has 0 N–H and O–H groups in total. The molecule has 1 aromatic heterocycles. The highest BCUT2D eigenvalue weighted by molar-refractivity contribution is 5.34. The number of nitrogens with zero attached hydrogens (tertiary/aromatic N) is 2. The Morgan fingerprint density at radius 2 is 2.12 bits per heavy atom. The molecule has 0 saturated heterocycles. The summed E-state index contributed by atoms with van der Waals surface area (Å²) in [5.41, 5.74) is 1.77. The first-order chi connectivity index (χ1) is 7.79. The summed E-state index contributed by atoms with van der Waals surface area (Å²) in [5, 5.41) is 8.60. The van der Waals surface area contributed by atoms with Crippen molar-refractivity contribution >= 4 is 0 Å². The number of hydrogen-bond acceptors (Lipinski definition) is 2. The molecule has 2 rings (SSSR count). The minimum Gasteiger partial charge on any atom is -0.261 e. The molecule has 1 aromatic carbocycles. The first-order valence-corrected chi connectivity index (χ1v) is 4.88. The third-order valence-corrected chi connectivity index (χ3v) is 2.27. The van der Waals surface area contributed by atoms with Gasteiger partial charge in [0.25, 0.3) is 0 Å². The summed E-state index contributed by atoms with van der Waals surface area (Å²) >= 11 is 0. The number of halogens is 1. The van der Waals surface area contributed by atoms with Gasteiger partial charge in [-0.3, -0.25) is 4.98 Å². The van der Waals surface area contributed by atoms with Crippen LogP contribution in [0.4, 0.5) is 4.39 Å². The average Bonchev–Trinajstić information content (AvgIpc) is 2.31. The molecule has 0 aliphatic carbocycles. The Bertz CT molecular complexity index is 529. The maximum Gasteiger partial charge on any atom is 0.141 e. The van der Waals surface area contributed by atoms with Gasteiger partial charge in [-0.25, -0.2) is 4.39 Å². The second-order valence-corrected chi connectivity index (χ2v) is 3.42. The smallest absolute Gasteiger partial charge is 0.141 e. The molecule has 0 spiro atoms. The van der Waals surface area contributed by atoms with Gasteiger partial charge in [0.1, 0.15) is 11.9 Å². The summed E-state index contributed by atoms with van der Waals surface area (Å²) in [7, 11) is 0. The van der Waals surface area contributed by atoms with E-state index < -0.39 is 5.82 Å². The molecule has 0 aliphatic heterocycles. The lowest BCUT2D eigenvalue weighted by Gasteiger charge is -2.01. The van der Waals surface area contributed by atoms with Gasteiger partial charge in [-0.2, -0.15) is 5.26 Å². The van der Waals surface area contributed by atoms with E-state index >= 15 is 0 Å². The van der Waals surface area contributed by atoms with Crippen molar-refractivity contribution in [3.63, 3.8) is 0 Å². The van der Waals surface area contributed by atoms with E-state index in [1.807, 2.05) is 18.2 Å². The van der Waals surface area contributed by atoms with Crippen LogP contribution in [0.2, 0.25) is 0 Å². The fourth-order valence-corrected chi connectivity index (χ4v) is 1.47. The molecule has 0 saturated carbocycles. The van der Waals surface area contributed by atoms with Crippen LogP contribution in [0.15, 0.2) is 42.6 Å². The van der Waals surface area contributed by atoms with Crippen LogP contribution in [0.3, 0.4) is 0 Å². The highest BCUT2D eigenvalue weighted by atomic mass is 19.1. The lowest BCUT2D eigenvalue weighted by molar-refractivity contribution is 0.622. The fraction of sp³-hybridized carbons (Fsp3) is 0.0769. The highest BCUT2D eigenvalue weighted by Gasteiger charge is 2.03. The summed E-state index contributed by atoms with van der Waals surface area (Å²) in [5.74, 6) is -0.476. The number of nitriles is 1. The third kappa shape index (κ3) is 2.23. The summed E-state index contributed by atoms with van der Waals surface area (Å²) in [6.45, 7) is 0. The lowest BCUT2D eigenvalue weighted by atomic mass is 10.1. The van der Waals surface area contributed by atoms with Crippen LogP contribution >= 0.6 is 0 Å². The van der Waals surface area contributed by atoms with Gasteiger partial charge < -0.3 is 0 Å². The second kappa shape index (κ2) is 4.54. The Kier molecular flexibility index (Phi) is 2.93. The van der Waals surface area contributed by atoms with E-state index in [-0.39, 0.29) is 5.56 Å². The Hall–Kier alpha value is -2.21. The largest absolute Gasteiger partial charge is 0.261 e. The van der Waals surface area contributed by atoms with Crippen molar-refractivity contribution < 1.29 is 4.39 Å². The molecule has 2 aromatic rings. The lowest BCUT2D eigenvalue weighted by Crippen LogP contribution is -1.93. The fourth-order valence-electron chi connectivity index (χ4n) is 1.47. The van der Waals surface area contributed by atoms with Gasteiger partial charge in [-0.15, -0.1) is 0 Å². The molecule has 0 bridgehead atoms. The maximum absolute atomic E-state index is 13.3. The molecular formula is C13H9FN2. The van der Waals surface area contributed by atoms with Crippen LogP contribution in [0.25, 0.3) is 0 Å². The molecule has 0 unspecified atom stereocenters. The Balaban J connectivity index is 2.24. The van der Waals surface area contributed by atoms with E-state index in [0.29, 0.717) is 6.42 Å². The molecule has 0 fully saturated rings. The van der Waals surface area contributed by atoms with Gasteiger partial charge in [0, 0.05) is 18.3 Å². The summed E-state index contributed by atoms with van der Waals surface area (Å²) in [4.78, 5) is 4.16. The quantitative estimate of drug-likeness (QED) is 0.767. The Morgan fingerprint density at radius 3 is 2.75 bits per heavy atom. The van der Waals surface area contributed by atoms with Gasteiger partial charge >= 0.3 is 0 Å². The summed E-state index contributed by atoms with van der Waals surface area (Å²) in [6, 6.07) is 12.0. The van der Waals surface area contributed by atoms with Crippen LogP contribution in [0, 0.1) is 17.1 Å². The molecule has 2 nitrogen and oxygen atoms in total. The highest BCUT2D eigenvalue weighted by Crippen LogP contribution is 2.12. The van der Waals surface area contributed by atoms with Crippen molar-refractivity contribution in [1.29, 1.82) is 5.26 Å². The van der Waals surface area contributed by atoms with E-state index in [2.05, 4.69) is 4.98 Å². The van der Waals surface area contributed by atoms with Gasteiger partial charge in [0.15, 0.2) is 0 Å². The van der Waals surface area contributed by atoms with Gasteiger partial charge in [0.05, 0.1) is 5.56 Å². The van der Waals surface area contributed by atoms with Crippen LogP contribution in [-0.4, -0.2) is 4.98 Å². The monoisotopic (exact) mass is 212 g/mol. The van der Waals surface area contributed by atoms with E-state index in [0.717, 1.165) is 11.3 Å². The third-order valence-electron chi connectivity index (χ3n) is 2.27. The van der Waals surface area contributed by atoms with Crippen molar-refractivity contribution in [1.82, 2.24) is 4.98 Å². The molecule has 0 amide bonds. The molecule has 16 heavy (non-hydrogen) atoms. The number of rotatable bonds is 2. The number of hydrogen-bond donors (Lipinski definition) is 0. The topological polar surface area (TPSA) is 36.7 Å². The van der Waals surface area contributed by atoms with E-state index in [9.17, 15) is 4.39 Å². The van der Waals surface area contributed by atoms with Crippen molar-refractivity contribution in [2.45, 2.75) is 6.42 Å². The van der Waals surface area contributed by atoms with Crippen LogP contribution in [-0.2, 0) is 6.42 Å². The van der Waals surface area contributed by atoms with Crippen LogP contribution in [0.1, 0.15) is 16.8 Å². The minimum absolute atomic E-state index is 0.0739. The van der Waals surface area contributed by atoms with Gasteiger partial charge in [-0.05, 0) is 29.8 Å². The van der Waals surface area contributed by atoms with Crippen LogP contribution in [0.5, 0.6) is 0 Å². The van der Waals surface area contributed by atoms with Crippen LogP contribution < -0.4 is 0 Å². The van der Waals surface area contributed by atoms with Gasteiger partial charge in [0.2, 0.25) is 0 Å². The molecule has 0 aliphatic rings. The molecule has 1 heterocycles. The van der Waals surface area contributed by atoms with Crippen molar-refractivity contribution in [3.05, 3.63) is 65.2 Å². The number of aromatic nitrogens is 1. The van der Waals surface area contributed by atoms with Crippen molar-refractivity contribution in [2.75, 3.05) is 0 Å². The number of pyridine rings is 1. The van der Waals surface area contributed by atoms with Crippen molar-refractivity contribution in [2.24, 2.45) is 0 Å². The predicted molar refractivity (Wildman–Crippen MR) is 58.2 cm³/mol. The van der Waals surface area contributed by atoms with Crippen molar-refractivity contribution in [3.8, 4) is 6.07 Å². The SMILES string of the molecule is N#Cc1ccc(Cc2ccccn2)cc1F. The number of benzene rings is 1. The molecule has 78 valence electrons. The normalized spacial score (nSPS) is 9.75. The maximum atomic E-state index is 13.3. The first-order valence-electron chi connectivity index (χ1n) is 4.88. The molecule has 3 heteroatoms. The zero-order valence-corrected chi connectivity index (χ0v) is 8.52. The van der Waals surface area contributed by atoms with E-state index in [4.69, 9.17) is 5.26 Å². The van der Waals surface area contributed by atoms with Gasteiger partial charge in [-0.1, -0.05) is 12.1 Å². The Labute approximate surface area is 93.0 Å². The zero-order valence-electron chi connectivity index (χ0n) is 8.52. The average molecular weight is 212 g/mol. The minimum atomic E-state index is -0.476. The molecule has 0 radical (unpaired) electrons. The van der Waals surface area contributed by atoms with E-state index in [1.165, 1.54) is 12.1 Å². The van der Waals surface area contributed by atoms with E-state index in [1.54, 1.807) is 18.3 Å². The molecule has 0 atom stereocenters. The Morgan fingerprint density at radius 1 is 1.25 bits per heavy atom. The first kappa shape index (κ1) is 10.3. The summed E-state index contributed by atoms with van der Waals surface area (Å²) in [6.07, 6.45) is 2.28. The predicted octanol–water partition coefficient (Wildman–Crippen LogP) is 2.68. The second-order valence-electron chi connectivity index (χ2n) is 3.42. The molecular weight excluding hydrogens is 203 g/mol. The zero-order chi connectivity index (χ0) is 11.4. The summed E-state index contributed by atoms with van der Waals surface area (Å²) < 4.78 is 13.3. The standard InChI is InChI=1S/C13H9FN2/c14-13-8-10(4-5-11(13)9-15)7-12-3-1-2-6-16-12/h1-6,8H,7H2.